The number of hydrogen-bond acceptors (Lipinski definition) is 7. The van der Waals surface area contributed by atoms with Crippen LogP contribution in [0.5, 0.6) is 0 Å². The predicted octanol–water partition coefficient (Wildman–Crippen LogP) is -2.39. The number of aliphatic carboxylic acids is 2. The number of likely N-dealkylation sites (tertiary alicyclic amines) is 2. The Balaban J connectivity index is 2.07. The fourth-order valence-electron chi connectivity index (χ4n) is 4.08. The summed E-state index contributed by atoms with van der Waals surface area (Å²) in [5.74, 6) is -5.01. The second-order valence-corrected chi connectivity index (χ2v) is 7.99. The molecule has 7 N–H and O–H groups in total. The summed E-state index contributed by atoms with van der Waals surface area (Å²) in [7, 11) is 0. The third kappa shape index (κ3) is 6.15. The van der Waals surface area contributed by atoms with Crippen molar-refractivity contribution in [3.8, 4) is 0 Å². The number of primary amides is 1. The highest BCUT2D eigenvalue weighted by Gasteiger charge is 2.43. The summed E-state index contributed by atoms with van der Waals surface area (Å²) in [5.41, 5.74) is 10.7. The van der Waals surface area contributed by atoms with Gasteiger partial charge in [0.15, 0.2) is 0 Å². The molecular formula is C19H29N5O8. The molecule has 32 heavy (non-hydrogen) atoms. The van der Waals surface area contributed by atoms with Crippen LogP contribution in [0.15, 0.2) is 0 Å². The van der Waals surface area contributed by atoms with Gasteiger partial charge in [-0.15, -0.1) is 0 Å². The minimum Gasteiger partial charge on any atom is -0.481 e. The highest BCUT2D eigenvalue weighted by molar-refractivity contribution is 5.95. The monoisotopic (exact) mass is 455 g/mol. The van der Waals surface area contributed by atoms with E-state index in [0.29, 0.717) is 25.7 Å². The van der Waals surface area contributed by atoms with Gasteiger partial charge in [-0.25, -0.2) is 4.79 Å². The van der Waals surface area contributed by atoms with Gasteiger partial charge in [0.1, 0.15) is 18.1 Å². The molecule has 2 fully saturated rings. The third-order valence-corrected chi connectivity index (χ3v) is 5.67. The standard InChI is InChI=1S/C19H29N5O8/c20-10(9-15(26)27)17(29)24-8-2-4-13(24)18(30)23-7-1-3-12(23)16(28)22-11(19(31)32)5-6-14(21)25/h10-13H,1-9,20H2,(H2,21,25)(H,22,28)(H,26,27)(H,31,32). The largest absolute Gasteiger partial charge is 0.481 e. The first-order chi connectivity index (χ1) is 15.0. The van der Waals surface area contributed by atoms with E-state index in [9.17, 15) is 33.9 Å². The van der Waals surface area contributed by atoms with Crippen molar-refractivity contribution in [1.29, 1.82) is 0 Å². The van der Waals surface area contributed by atoms with Crippen molar-refractivity contribution in [2.75, 3.05) is 13.1 Å². The summed E-state index contributed by atoms with van der Waals surface area (Å²) in [6.07, 6.45) is 0.754. The van der Waals surface area contributed by atoms with E-state index in [1.54, 1.807) is 0 Å². The lowest BCUT2D eigenvalue weighted by Gasteiger charge is -2.32. The Labute approximate surface area is 184 Å². The van der Waals surface area contributed by atoms with Crippen molar-refractivity contribution in [3.05, 3.63) is 0 Å². The summed E-state index contributed by atoms with van der Waals surface area (Å²) < 4.78 is 0. The molecule has 13 heteroatoms. The van der Waals surface area contributed by atoms with E-state index in [1.165, 1.54) is 9.80 Å². The number of carbonyl (C=O) groups is 6. The summed E-state index contributed by atoms with van der Waals surface area (Å²) in [5, 5.41) is 20.5. The number of carboxylic acids is 2. The predicted molar refractivity (Wildman–Crippen MR) is 108 cm³/mol. The minimum atomic E-state index is -1.33. The number of amides is 4. The molecule has 0 aromatic heterocycles. The molecule has 2 rings (SSSR count). The maximum Gasteiger partial charge on any atom is 0.326 e. The highest BCUT2D eigenvalue weighted by atomic mass is 16.4. The summed E-state index contributed by atoms with van der Waals surface area (Å²) in [6, 6.07) is -4.38. The molecule has 178 valence electrons. The lowest BCUT2D eigenvalue weighted by molar-refractivity contribution is -0.149. The molecule has 13 nitrogen and oxygen atoms in total. The van der Waals surface area contributed by atoms with Gasteiger partial charge in [-0.1, -0.05) is 0 Å². The van der Waals surface area contributed by atoms with Gasteiger partial charge in [0.25, 0.3) is 0 Å². The van der Waals surface area contributed by atoms with Crippen LogP contribution in [0, 0.1) is 0 Å². The quantitative estimate of drug-likeness (QED) is 0.237. The first kappa shape index (κ1) is 25.0. The number of carboxylic acid groups (broad SMARTS) is 2. The van der Waals surface area contributed by atoms with Crippen LogP contribution in [0.25, 0.3) is 0 Å². The lowest BCUT2D eigenvalue weighted by Crippen LogP contribution is -2.56. The molecule has 2 saturated heterocycles. The van der Waals surface area contributed by atoms with Gasteiger partial charge in [0, 0.05) is 19.5 Å². The normalized spacial score (nSPS) is 22.3. The SMILES string of the molecule is NC(=O)CCC(NC(=O)C1CCCN1C(=O)C1CCCN1C(=O)C(N)CC(=O)O)C(=O)O. The average molecular weight is 455 g/mol. The molecule has 4 unspecified atom stereocenters. The van der Waals surface area contributed by atoms with Gasteiger partial charge in [0.05, 0.1) is 12.5 Å². The maximum absolute atomic E-state index is 13.2. The second kappa shape index (κ2) is 10.9. The number of nitrogens with zero attached hydrogens (tertiary/aromatic N) is 2. The zero-order chi connectivity index (χ0) is 24.0. The second-order valence-electron chi connectivity index (χ2n) is 7.99. The highest BCUT2D eigenvalue weighted by Crippen LogP contribution is 2.25. The van der Waals surface area contributed by atoms with Gasteiger partial charge in [-0.3, -0.25) is 24.0 Å². The van der Waals surface area contributed by atoms with Gasteiger partial charge >= 0.3 is 11.9 Å². The molecule has 0 aromatic rings. The van der Waals surface area contributed by atoms with E-state index in [4.69, 9.17) is 16.6 Å². The Morgan fingerprint density at radius 3 is 2.12 bits per heavy atom. The number of nitrogens with two attached hydrogens (primary N) is 2. The molecule has 2 aliphatic heterocycles. The minimum absolute atomic E-state index is 0.177. The molecular weight excluding hydrogens is 426 g/mol. The maximum atomic E-state index is 13.2. The molecule has 0 bridgehead atoms. The van der Waals surface area contributed by atoms with Crippen molar-refractivity contribution in [2.45, 2.75) is 69.1 Å². The van der Waals surface area contributed by atoms with Gasteiger partial charge in [-0.05, 0) is 32.1 Å². The lowest BCUT2D eigenvalue weighted by atomic mass is 10.1. The fraction of sp³-hybridized carbons (Fsp3) is 0.684. The van der Waals surface area contributed by atoms with E-state index in [-0.39, 0.29) is 25.9 Å². The van der Waals surface area contributed by atoms with E-state index in [0.717, 1.165) is 0 Å². The fourth-order valence-corrected chi connectivity index (χ4v) is 4.08. The van der Waals surface area contributed by atoms with Crippen LogP contribution < -0.4 is 16.8 Å². The summed E-state index contributed by atoms with van der Waals surface area (Å²) >= 11 is 0. The number of nitrogens with one attached hydrogen (secondary N) is 1. The molecule has 0 saturated carbocycles. The zero-order valence-corrected chi connectivity index (χ0v) is 17.6. The summed E-state index contributed by atoms with van der Waals surface area (Å²) in [4.78, 5) is 74.2. The summed E-state index contributed by atoms with van der Waals surface area (Å²) in [6.45, 7) is 0.511. The number of rotatable bonds is 10. The number of carbonyl (C=O) groups excluding carboxylic acids is 4. The topological polar surface area (TPSA) is 213 Å². The van der Waals surface area contributed by atoms with E-state index in [2.05, 4.69) is 5.32 Å². The van der Waals surface area contributed by atoms with Crippen molar-refractivity contribution in [1.82, 2.24) is 15.1 Å². The molecule has 4 atom stereocenters. The van der Waals surface area contributed by atoms with E-state index in [1.807, 2.05) is 0 Å². The Morgan fingerprint density at radius 2 is 1.56 bits per heavy atom. The number of hydrogen-bond donors (Lipinski definition) is 5. The van der Waals surface area contributed by atoms with Crippen LogP contribution in [0.1, 0.15) is 44.9 Å². The van der Waals surface area contributed by atoms with Crippen molar-refractivity contribution < 1.29 is 39.0 Å². The van der Waals surface area contributed by atoms with Gasteiger partial charge in [0.2, 0.25) is 23.6 Å². The van der Waals surface area contributed by atoms with Gasteiger partial charge < -0.3 is 36.8 Å². The molecule has 0 aromatic carbocycles. The zero-order valence-electron chi connectivity index (χ0n) is 17.6. The molecule has 0 aliphatic carbocycles. The average Bonchev–Trinajstić information content (AvgIpc) is 3.38. The molecule has 0 spiro atoms. The Hall–Kier alpha value is -3.22. The third-order valence-electron chi connectivity index (χ3n) is 5.67. The smallest absolute Gasteiger partial charge is 0.326 e. The molecule has 4 amide bonds. The Bertz CT molecular complexity index is 788. The van der Waals surface area contributed by atoms with E-state index >= 15 is 0 Å². The van der Waals surface area contributed by atoms with Crippen molar-refractivity contribution >= 4 is 35.6 Å². The molecule has 2 heterocycles. The van der Waals surface area contributed by atoms with Crippen LogP contribution in [-0.4, -0.2) is 92.8 Å². The Morgan fingerprint density at radius 1 is 0.969 bits per heavy atom. The van der Waals surface area contributed by atoms with Crippen LogP contribution in [0.2, 0.25) is 0 Å². The first-order valence-electron chi connectivity index (χ1n) is 10.4. The van der Waals surface area contributed by atoms with Crippen LogP contribution in [-0.2, 0) is 28.8 Å². The van der Waals surface area contributed by atoms with Gasteiger partial charge in [-0.2, -0.15) is 0 Å². The first-order valence-corrected chi connectivity index (χ1v) is 10.4. The van der Waals surface area contributed by atoms with Crippen molar-refractivity contribution in [3.63, 3.8) is 0 Å². The Kier molecular flexibility index (Phi) is 8.52. The van der Waals surface area contributed by atoms with Crippen molar-refractivity contribution in [2.24, 2.45) is 11.5 Å². The van der Waals surface area contributed by atoms with Crippen LogP contribution in [0.4, 0.5) is 0 Å². The van der Waals surface area contributed by atoms with E-state index < -0.39 is 66.2 Å². The molecule has 0 radical (unpaired) electrons. The molecule has 2 aliphatic rings. The van der Waals surface area contributed by atoms with Crippen LogP contribution >= 0.6 is 0 Å². The van der Waals surface area contributed by atoms with Crippen LogP contribution in [0.3, 0.4) is 0 Å².